The van der Waals surface area contributed by atoms with Gasteiger partial charge in [-0.1, -0.05) is 0 Å². The Morgan fingerprint density at radius 3 is 2.75 bits per heavy atom. The fourth-order valence-corrected chi connectivity index (χ4v) is 4.72. The van der Waals surface area contributed by atoms with E-state index in [9.17, 15) is 9.59 Å². The minimum absolute atomic E-state index is 0.111. The highest BCUT2D eigenvalue weighted by molar-refractivity contribution is 7.14. The Labute approximate surface area is 171 Å². The molecule has 1 unspecified atom stereocenters. The van der Waals surface area contributed by atoms with Gasteiger partial charge in [0.25, 0.3) is 0 Å². The molecule has 3 aromatic heterocycles. The normalized spacial score (nSPS) is 12.1. The average molecular weight is 419 g/mol. The lowest BCUT2D eigenvalue weighted by Crippen LogP contribution is -2.17. The van der Waals surface area contributed by atoms with E-state index in [-0.39, 0.29) is 24.1 Å². The van der Waals surface area contributed by atoms with Gasteiger partial charge in [-0.25, -0.2) is 9.78 Å². The number of esters is 1. The van der Waals surface area contributed by atoms with Crippen LogP contribution in [0.25, 0.3) is 10.6 Å². The van der Waals surface area contributed by atoms with Crippen molar-refractivity contribution in [3.63, 3.8) is 0 Å². The van der Waals surface area contributed by atoms with Crippen LogP contribution in [0.4, 0.5) is 0 Å². The predicted molar refractivity (Wildman–Crippen MR) is 111 cm³/mol. The van der Waals surface area contributed by atoms with Crippen LogP contribution in [0.1, 0.15) is 45.2 Å². The van der Waals surface area contributed by atoms with Crippen LogP contribution in [0, 0.1) is 13.8 Å². The molecule has 6 nitrogen and oxygen atoms in total. The highest BCUT2D eigenvalue weighted by Gasteiger charge is 2.21. The molecule has 0 saturated heterocycles. The molecule has 28 heavy (non-hydrogen) atoms. The molecule has 0 aliphatic rings. The number of rotatable bonds is 8. The summed E-state index contributed by atoms with van der Waals surface area (Å²) in [5, 5.41) is 6.34. The van der Waals surface area contributed by atoms with Crippen LogP contribution in [-0.2, 0) is 9.47 Å². The van der Waals surface area contributed by atoms with Crippen LogP contribution in [-0.4, -0.2) is 41.6 Å². The summed E-state index contributed by atoms with van der Waals surface area (Å²) in [4.78, 5) is 29.2. The Balaban J connectivity index is 1.66. The number of aromatic nitrogens is 2. The van der Waals surface area contributed by atoms with Crippen LogP contribution in [0.15, 0.2) is 28.3 Å². The minimum atomic E-state index is -0.590. The van der Waals surface area contributed by atoms with E-state index in [0.29, 0.717) is 12.2 Å². The standard InChI is InChI=1S/C20H22N2O4S2/c1-12-7-16(14(3)22(12)13(2)8-25-4)18(23)9-26-20(24)17-11-28-19(21-17)15-5-6-27-10-15/h5-7,10-11,13H,8-9H2,1-4H3. The molecule has 8 heteroatoms. The average Bonchev–Trinajstić information content (AvgIpc) is 3.39. The number of methoxy groups -OCH3 is 1. The Hall–Kier alpha value is -2.29. The third kappa shape index (κ3) is 4.24. The van der Waals surface area contributed by atoms with Gasteiger partial charge in [-0.15, -0.1) is 11.3 Å². The van der Waals surface area contributed by atoms with Crippen molar-refractivity contribution in [2.75, 3.05) is 20.3 Å². The quantitative estimate of drug-likeness (QED) is 0.397. The minimum Gasteiger partial charge on any atom is -0.453 e. The molecule has 0 aliphatic heterocycles. The van der Waals surface area contributed by atoms with Gasteiger partial charge >= 0.3 is 5.97 Å². The summed E-state index contributed by atoms with van der Waals surface area (Å²) < 4.78 is 12.5. The molecule has 1 atom stereocenters. The van der Waals surface area contributed by atoms with E-state index in [1.807, 2.05) is 43.7 Å². The number of nitrogens with zero attached hydrogens (tertiary/aromatic N) is 2. The number of ether oxygens (including phenoxy) is 2. The van der Waals surface area contributed by atoms with Crippen molar-refractivity contribution in [2.24, 2.45) is 0 Å². The van der Waals surface area contributed by atoms with Gasteiger partial charge in [0.1, 0.15) is 5.01 Å². The second-order valence-corrected chi connectivity index (χ2v) is 8.15. The van der Waals surface area contributed by atoms with Gasteiger partial charge in [0.2, 0.25) is 5.78 Å². The Morgan fingerprint density at radius 1 is 1.29 bits per heavy atom. The van der Waals surface area contributed by atoms with E-state index >= 15 is 0 Å². The van der Waals surface area contributed by atoms with E-state index in [0.717, 1.165) is 22.0 Å². The SMILES string of the molecule is COCC(C)n1c(C)cc(C(=O)COC(=O)c2csc(-c3ccsc3)n2)c1C. The molecule has 0 N–H and O–H groups in total. The fourth-order valence-electron chi connectivity index (χ4n) is 3.22. The second kappa shape index (κ2) is 8.81. The first-order chi connectivity index (χ1) is 13.4. The number of hydrogen-bond acceptors (Lipinski definition) is 7. The molecule has 148 valence electrons. The van der Waals surface area contributed by atoms with Gasteiger partial charge in [0.05, 0.1) is 12.6 Å². The summed E-state index contributed by atoms with van der Waals surface area (Å²) in [5.74, 6) is -0.821. The predicted octanol–water partition coefficient (Wildman–Crippen LogP) is 4.54. The lowest BCUT2D eigenvalue weighted by molar-refractivity contribution is 0.0469. The zero-order chi connectivity index (χ0) is 20.3. The maximum Gasteiger partial charge on any atom is 0.358 e. The van der Waals surface area contributed by atoms with Crippen molar-refractivity contribution in [2.45, 2.75) is 26.8 Å². The number of carbonyl (C=O) groups is 2. The number of aryl methyl sites for hydroxylation is 1. The molecule has 0 bridgehead atoms. The van der Waals surface area contributed by atoms with Crippen molar-refractivity contribution in [1.82, 2.24) is 9.55 Å². The molecule has 0 saturated carbocycles. The molecular weight excluding hydrogens is 396 g/mol. The summed E-state index contributed by atoms with van der Waals surface area (Å²) in [6.07, 6.45) is 0. The van der Waals surface area contributed by atoms with Crippen molar-refractivity contribution >= 4 is 34.4 Å². The second-order valence-electron chi connectivity index (χ2n) is 6.51. The number of thiophene rings is 1. The smallest absolute Gasteiger partial charge is 0.358 e. The zero-order valence-corrected chi connectivity index (χ0v) is 17.9. The molecule has 0 fully saturated rings. The molecule has 0 aromatic carbocycles. The van der Waals surface area contributed by atoms with Gasteiger partial charge in [-0.05, 0) is 38.3 Å². The van der Waals surface area contributed by atoms with Gasteiger partial charge in [0, 0.05) is 40.4 Å². The first-order valence-corrected chi connectivity index (χ1v) is 10.6. The van der Waals surface area contributed by atoms with Crippen molar-refractivity contribution < 1.29 is 19.1 Å². The van der Waals surface area contributed by atoms with Crippen LogP contribution in [0.5, 0.6) is 0 Å². The highest BCUT2D eigenvalue weighted by Crippen LogP contribution is 2.26. The summed E-state index contributed by atoms with van der Waals surface area (Å²) in [6.45, 7) is 6.11. The first kappa shape index (κ1) is 20.4. The van der Waals surface area contributed by atoms with Gasteiger partial charge < -0.3 is 14.0 Å². The molecular formula is C20H22N2O4S2. The van der Waals surface area contributed by atoms with Crippen molar-refractivity contribution in [3.05, 3.63) is 50.9 Å². The maximum atomic E-state index is 12.6. The molecule has 3 rings (SSSR count). The molecule has 3 aromatic rings. The Morgan fingerprint density at radius 2 is 2.07 bits per heavy atom. The topological polar surface area (TPSA) is 70.4 Å². The van der Waals surface area contributed by atoms with Crippen molar-refractivity contribution in [3.8, 4) is 10.6 Å². The van der Waals surface area contributed by atoms with Crippen LogP contribution < -0.4 is 0 Å². The largest absolute Gasteiger partial charge is 0.453 e. The number of thiazole rings is 1. The third-order valence-electron chi connectivity index (χ3n) is 4.45. The van der Waals surface area contributed by atoms with E-state index in [1.54, 1.807) is 23.8 Å². The van der Waals surface area contributed by atoms with E-state index in [4.69, 9.17) is 9.47 Å². The van der Waals surface area contributed by atoms with E-state index in [2.05, 4.69) is 9.55 Å². The summed E-state index contributed by atoms with van der Waals surface area (Å²) >= 11 is 2.95. The summed E-state index contributed by atoms with van der Waals surface area (Å²) in [7, 11) is 1.65. The van der Waals surface area contributed by atoms with Gasteiger partial charge in [0.15, 0.2) is 12.3 Å². The lowest BCUT2D eigenvalue weighted by atomic mass is 10.1. The fraction of sp³-hybridized carbons (Fsp3) is 0.350. The van der Waals surface area contributed by atoms with Crippen molar-refractivity contribution in [1.29, 1.82) is 0 Å². The van der Waals surface area contributed by atoms with Gasteiger partial charge in [-0.2, -0.15) is 11.3 Å². The van der Waals surface area contributed by atoms with Crippen LogP contribution >= 0.6 is 22.7 Å². The number of ketones is 1. The molecule has 0 spiro atoms. The Bertz CT molecular complexity index is 973. The summed E-state index contributed by atoms with van der Waals surface area (Å²) in [5.41, 5.74) is 3.57. The van der Waals surface area contributed by atoms with E-state index in [1.165, 1.54) is 11.3 Å². The Kier molecular flexibility index (Phi) is 6.43. The van der Waals surface area contributed by atoms with E-state index < -0.39 is 5.97 Å². The molecule has 0 aliphatic carbocycles. The zero-order valence-electron chi connectivity index (χ0n) is 16.2. The highest BCUT2D eigenvalue weighted by atomic mass is 32.1. The van der Waals surface area contributed by atoms with Gasteiger partial charge in [-0.3, -0.25) is 4.79 Å². The van der Waals surface area contributed by atoms with Crippen LogP contribution in [0.3, 0.4) is 0 Å². The third-order valence-corrected chi connectivity index (χ3v) is 6.02. The lowest BCUT2D eigenvalue weighted by Gasteiger charge is -2.17. The number of Topliss-reactive ketones (excluding diaryl/α,β-unsaturated/α-hetero) is 1. The number of hydrogen-bond donors (Lipinski definition) is 0. The number of carbonyl (C=O) groups excluding carboxylic acids is 2. The summed E-state index contributed by atoms with van der Waals surface area (Å²) in [6, 6.07) is 3.89. The van der Waals surface area contributed by atoms with Crippen LogP contribution in [0.2, 0.25) is 0 Å². The monoisotopic (exact) mass is 418 g/mol. The first-order valence-electron chi connectivity index (χ1n) is 8.78. The molecule has 0 amide bonds. The molecule has 0 radical (unpaired) electrons. The molecule has 3 heterocycles. The maximum absolute atomic E-state index is 12.6.